The van der Waals surface area contributed by atoms with Crippen molar-refractivity contribution in [2.75, 3.05) is 0 Å². The van der Waals surface area contributed by atoms with Crippen molar-refractivity contribution in [1.29, 1.82) is 5.26 Å². The minimum absolute atomic E-state index is 0.654. The van der Waals surface area contributed by atoms with Crippen molar-refractivity contribution in [2.45, 2.75) is 0 Å². The number of para-hydroxylation sites is 2. The summed E-state index contributed by atoms with van der Waals surface area (Å²) in [6.45, 7) is 0. The molecule has 194 valence electrons. The Balaban J connectivity index is 1.58. The zero-order valence-electron chi connectivity index (χ0n) is 22.6. The summed E-state index contributed by atoms with van der Waals surface area (Å²) in [7, 11) is 0. The third-order valence-electron chi connectivity index (χ3n) is 8.71. The first-order chi connectivity index (χ1) is 20.8. The predicted octanol–water partition coefficient (Wildman–Crippen LogP) is 10.3. The topological polar surface area (TPSA) is 44.5 Å². The molecule has 9 rings (SSSR count). The van der Waals surface area contributed by atoms with Gasteiger partial charge < -0.3 is 4.98 Å². The van der Waals surface area contributed by atoms with Gasteiger partial charge in [-0.25, -0.2) is 0 Å². The van der Waals surface area contributed by atoms with Crippen LogP contribution in [-0.4, -0.2) is 9.55 Å². The van der Waals surface area contributed by atoms with Crippen LogP contribution < -0.4 is 0 Å². The first-order valence-corrected chi connectivity index (χ1v) is 14.2. The highest BCUT2D eigenvalue weighted by Gasteiger charge is 2.23. The zero-order valence-corrected chi connectivity index (χ0v) is 22.6. The van der Waals surface area contributed by atoms with Gasteiger partial charge in [-0.2, -0.15) is 5.26 Å². The number of nitriles is 1. The molecule has 3 nitrogen and oxygen atoms in total. The Kier molecular flexibility index (Phi) is 4.68. The van der Waals surface area contributed by atoms with Crippen molar-refractivity contribution in [1.82, 2.24) is 9.55 Å². The largest absolute Gasteiger partial charge is 0.340 e. The van der Waals surface area contributed by atoms with E-state index >= 15 is 0 Å². The summed E-state index contributed by atoms with van der Waals surface area (Å²) in [6, 6.07) is 49.6. The summed E-state index contributed by atoms with van der Waals surface area (Å²) >= 11 is 0. The first kappa shape index (κ1) is 22.9. The maximum Gasteiger partial charge on any atom is 0.124 e. The van der Waals surface area contributed by atoms with E-state index in [0.29, 0.717) is 5.56 Å². The number of hydrogen-bond acceptors (Lipinski definition) is 1. The standard InChI is InChI=1S/C39H23N3/c40-23-24-17-19-25(20-18-24)36-29-12-4-3-11-28(29)32-21-26-9-1-2-10-27(26)22-33(32)38(36)42-35-16-8-6-14-31(35)37-30-13-5-7-15-34(30)41-39(37)42/h1-22,41H. The summed E-state index contributed by atoms with van der Waals surface area (Å²) in [5, 5.41) is 20.5. The minimum Gasteiger partial charge on any atom is -0.340 e. The molecule has 0 saturated carbocycles. The number of nitrogens with one attached hydrogen (secondary N) is 1. The molecule has 0 amide bonds. The van der Waals surface area contributed by atoms with E-state index in [0.717, 1.165) is 33.5 Å². The van der Waals surface area contributed by atoms with Crippen molar-refractivity contribution in [2.24, 2.45) is 0 Å². The summed E-state index contributed by atoms with van der Waals surface area (Å²) in [4.78, 5) is 3.80. The second-order valence-electron chi connectivity index (χ2n) is 11.0. The zero-order chi connectivity index (χ0) is 27.8. The Hall–Kier alpha value is -5.85. The molecule has 42 heavy (non-hydrogen) atoms. The normalized spacial score (nSPS) is 11.8. The molecule has 0 atom stereocenters. The second-order valence-corrected chi connectivity index (χ2v) is 11.0. The monoisotopic (exact) mass is 533 g/mol. The van der Waals surface area contributed by atoms with Crippen molar-refractivity contribution in [3.63, 3.8) is 0 Å². The molecule has 3 heteroatoms. The molecule has 9 aromatic rings. The Bertz CT molecular complexity index is 2570. The van der Waals surface area contributed by atoms with Gasteiger partial charge in [0.1, 0.15) is 5.65 Å². The molecule has 0 spiro atoms. The fraction of sp³-hybridized carbons (Fsp3) is 0. The number of benzene rings is 7. The molecule has 0 aliphatic heterocycles. The van der Waals surface area contributed by atoms with Gasteiger partial charge in [-0.1, -0.05) is 97.1 Å². The number of H-pyrrole nitrogens is 1. The molecule has 0 unspecified atom stereocenters. The highest BCUT2D eigenvalue weighted by Crippen LogP contribution is 2.46. The lowest BCUT2D eigenvalue weighted by Crippen LogP contribution is -2.01. The van der Waals surface area contributed by atoms with Crippen molar-refractivity contribution in [3.8, 4) is 22.9 Å². The van der Waals surface area contributed by atoms with E-state index in [4.69, 9.17) is 0 Å². The quantitative estimate of drug-likeness (QED) is 0.174. The van der Waals surface area contributed by atoms with Gasteiger partial charge in [0, 0.05) is 32.6 Å². The lowest BCUT2D eigenvalue weighted by molar-refractivity contribution is 1.17. The van der Waals surface area contributed by atoms with E-state index in [-0.39, 0.29) is 0 Å². The first-order valence-electron chi connectivity index (χ1n) is 14.2. The van der Waals surface area contributed by atoms with Gasteiger partial charge in [-0.05, 0) is 68.9 Å². The van der Waals surface area contributed by atoms with Crippen LogP contribution in [0.4, 0.5) is 0 Å². The van der Waals surface area contributed by atoms with Gasteiger partial charge in [-0.15, -0.1) is 0 Å². The van der Waals surface area contributed by atoms with Crippen molar-refractivity contribution < 1.29 is 0 Å². The smallest absolute Gasteiger partial charge is 0.124 e. The molecule has 7 aromatic carbocycles. The maximum absolute atomic E-state index is 9.57. The van der Waals surface area contributed by atoms with Crippen LogP contribution in [0.2, 0.25) is 0 Å². The predicted molar refractivity (Wildman–Crippen MR) is 175 cm³/mol. The Morgan fingerprint density at radius 2 is 1.17 bits per heavy atom. The number of rotatable bonds is 2. The second kappa shape index (κ2) is 8.57. The minimum atomic E-state index is 0.654. The van der Waals surface area contributed by atoms with Gasteiger partial charge in [0.2, 0.25) is 0 Å². The van der Waals surface area contributed by atoms with Gasteiger partial charge >= 0.3 is 0 Å². The summed E-state index contributed by atoms with van der Waals surface area (Å²) in [5.74, 6) is 0. The summed E-state index contributed by atoms with van der Waals surface area (Å²) < 4.78 is 2.43. The van der Waals surface area contributed by atoms with E-state index in [9.17, 15) is 5.26 Å². The van der Waals surface area contributed by atoms with Crippen LogP contribution in [0.5, 0.6) is 0 Å². The molecule has 0 radical (unpaired) electrons. The molecule has 0 bridgehead atoms. The van der Waals surface area contributed by atoms with Gasteiger partial charge in [0.25, 0.3) is 0 Å². The van der Waals surface area contributed by atoms with Crippen molar-refractivity contribution >= 4 is 65.2 Å². The van der Waals surface area contributed by atoms with Crippen molar-refractivity contribution in [3.05, 3.63) is 139 Å². The van der Waals surface area contributed by atoms with E-state index in [1.807, 2.05) is 12.1 Å². The molecular formula is C39H23N3. The highest BCUT2D eigenvalue weighted by molar-refractivity contribution is 6.25. The van der Waals surface area contributed by atoms with Crippen LogP contribution in [0.3, 0.4) is 0 Å². The summed E-state index contributed by atoms with van der Waals surface area (Å²) in [5.41, 5.74) is 7.38. The molecule has 0 saturated heterocycles. The number of hydrogen-bond donors (Lipinski definition) is 1. The Morgan fingerprint density at radius 3 is 1.93 bits per heavy atom. The molecule has 2 heterocycles. The van der Waals surface area contributed by atoms with Crippen LogP contribution in [0.15, 0.2) is 133 Å². The number of fused-ring (bicyclic) bond motifs is 9. The van der Waals surface area contributed by atoms with Crippen LogP contribution >= 0.6 is 0 Å². The van der Waals surface area contributed by atoms with Gasteiger partial charge in [0.05, 0.1) is 22.8 Å². The molecule has 0 fully saturated rings. The van der Waals surface area contributed by atoms with E-state index in [1.54, 1.807) is 0 Å². The molecule has 2 aromatic heterocycles. The van der Waals surface area contributed by atoms with Crippen LogP contribution in [0, 0.1) is 11.3 Å². The van der Waals surface area contributed by atoms with Gasteiger partial charge in [-0.3, -0.25) is 4.57 Å². The average molecular weight is 534 g/mol. The third kappa shape index (κ3) is 3.09. The van der Waals surface area contributed by atoms with Crippen LogP contribution in [0.1, 0.15) is 5.56 Å². The molecular weight excluding hydrogens is 510 g/mol. The summed E-state index contributed by atoms with van der Waals surface area (Å²) in [6.07, 6.45) is 0. The van der Waals surface area contributed by atoms with E-state index < -0.39 is 0 Å². The maximum atomic E-state index is 9.57. The lowest BCUT2D eigenvalue weighted by atomic mass is 9.89. The van der Waals surface area contributed by atoms with E-state index in [2.05, 4.69) is 137 Å². The Labute approximate surface area is 241 Å². The number of aromatic amines is 1. The average Bonchev–Trinajstić information content (AvgIpc) is 3.58. The van der Waals surface area contributed by atoms with Gasteiger partial charge in [0.15, 0.2) is 0 Å². The lowest BCUT2D eigenvalue weighted by Gasteiger charge is -2.21. The van der Waals surface area contributed by atoms with E-state index in [1.165, 1.54) is 48.5 Å². The number of aromatic nitrogens is 2. The van der Waals surface area contributed by atoms with Crippen LogP contribution in [-0.2, 0) is 0 Å². The molecule has 1 N–H and O–H groups in total. The van der Waals surface area contributed by atoms with Crippen LogP contribution in [0.25, 0.3) is 82.0 Å². The highest BCUT2D eigenvalue weighted by atomic mass is 15.1. The number of nitrogens with zero attached hydrogens (tertiary/aromatic N) is 2. The third-order valence-corrected chi connectivity index (χ3v) is 8.71. The fourth-order valence-corrected chi connectivity index (χ4v) is 6.89. The fourth-order valence-electron chi connectivity index (χ4n) is 6.89. The SMILES string of the molecule is N#Cc1ccc(-c2c(-n3c4ccccc4c4c5ccccc5[nH]c43)c3cc4ccccc4cc3c3ccccc23)cc1. The Morgan fingerprint density at radius 1 is 0.548 bits per heavy atom. The molecule has 0 aliphatic carbocycles. The molecule has 0 aliphatic rings.